The third kappa shape index (κ3) is 3.77. The fraction of sp³-hybridized carbons (Fsp3) is 0.0500. The molecule has 3 aromatic carbocycles. The van der Waals surface area contributed by atoms with E-state index in [1.165, 1.54) is 18.2 Å². The summed E-state index contributed by atoms with van der Waals surface area (Å²) in [6, 6.07) is 20.1. The lowest BCUT2D eigenvalue weighted by Crippen LogP contribution is -2.25. The van der Waals surface area contributed by atoms with Crippen molar-refractivity contribution in [3.05, 3.63) is 72.8 Å². The highest BCUT2D eigenvalue weighted by Gasteiger charge is 2.22. The summed E-state index contributed by atoms with van der Waals surface area (Å²) in [4.78, 5) is 11.5. The Balaban J connectivity index is 1.62. The molecule has 0 bridgehead atoms. The van der Waals surface area contributed by atoms with E-state index < -0.39 is 10.0 Å². The molecule has 0 saturated heterocycles. The smallest absolute Gasteiger partial charge is 0.262 e. The van der Waals surface area contributed by atoms with Crippen LogP contribution in [0.2, 0.25) is 0 Å². The minimum Gasteiger partial charge on any atom is -0.482 e. The summed E-state index contributed by atoms with van der Waals surface area (Å²) in [7, 11) is -3.92. The van der Waals surface area contributed by atoms with Crippen molar-refractivity contribution in [1.29, 1.82) is 0 Å². The van der Waals surface area contributed by atoms with Gasteiger partial charge in [-0.05, 0) is 42.5 Å². The van der Waals surface area contributed by atoms with E-state index in [2.05, 4.69) is 10.0 Å². The SMILES string of the molecule is O=C1COc2ccc(S(=O)(=O)Nc3ccccc3Oc3ccccc3)cc2N1. The maximum absolute atomic E-state index is 12.9. The van der Waals surface area contributed by atoms with Gasteiger partial charge in [0.15, 0.2) is 12.4 Å². The molecule has 7 nitrogen and oxygen atoms in total. The minimum absolute atomic E-state index is 0.00781. The monoisotopic (exact) mass is 396 g/mol. The fourth-order valence-electron chi connectivity index (χ4n) is 2.69. The molecule has 0 fully saturated rings. The number of carbonyl (C=O) groups is 1. The number of nitrogens with one attached hydrogen (secondary N) is 2. The van der Waals surface area contributed by atoms with E-state index in [-0.39, 0.29) is 17.4 Å². The Kier molecular flexibility index (Phi) is 4.62. The highest BCUT2D eigenvalue weighted by atomic mass is 32.2. The second-order valence-electron chi connectivity index (χ2n) is 6.01. The maximum atomic E-state index is 12.9. The Morgan fingerprint density at radius 3 is 2.54 bits per heavy atom. The van der Waals surface area contributed by atoms with Crippen molar-refractivity contribution in [2.24, 2.45) is 0 Å². The molecule has 3 aromatic rings. The van der Waals surface area contributed by atoms with Crippen molar-refractivity contribution in [2.75, 3.05) is 16.6 Å². The standard InChI is InChI=1S/C20H16N2O5S/c23-20-13-26-18-11-10-15(12-17(18)21-20)28(24,25)22-16-8-4-5-9-19(16)27-14-6-2-1-3-7-14/h1-12,22H,13H2,(H,21,23). The van der Waals surface area contributed by atoms with Gasteiger partial charge in [0.05, 0.1) is 16.3 Å². The van der Waals surface area contributed by atoms with Gasteiger partial charge in [-0.2, -0.15) is 0 Å². The van der Waals surface area contributed by atoms with Gasteiger partial charge >= 0.3 is 0 Å². The van der Waals surface area contributed by atoms with Gasteiger partial charge in [-0.25, -0.2) is 8.42 Å². The molecule has 1 amide bonds. The van der Waals surface area contributed by atoms with Crippen LogP contribution >= 0.6 is 0 Å². The summed E-state index contributed by atoms with van der Waals surface area (Å²) in [6.07, 6.45) is 0. The zero-order valence-corrected chi connectivity index (χ0v) is 15.4. The zero-order valence-electron chi connectivity index (χ0n) is 14.6. The molecule has 28 heavy (non-hydrogen) atoms. The van der Waals surface area contributed by atoms with Crippen LogP contribution in [0.1, 0.15) is 0 Å². The lowest BCUT2D eigenvalue weighted by Gasteiger charge is -2.19. The molecular weight excluding hydrogens is 380 g/mol. The number of fused-ring (bicyclic) bond motifs is 1. The quantitative estimate of drug-likeness (QED) is 0.687. The van der Waals surface area contributed by atoms with Gasteiger partial charge in [-0.1, -0.05) is 30.3 Å². The van der Waals surface area contributed by atoms with Gasteiger partial charge in [0, 0.05) is 0 Å². The molecule has 0 radical (unpaired) electrons. The van der Waals surface area contributed by atoms with E-state index >= 15 is 0 Å². The highest BCUT2D eigenvalue weighted by molar-refractivity contribution is 7.92. The topological polar surface area (TPSA) is 93.7 Å². The molecule has 1 aliphatic rings. The van der Waals surface area contributed by atoms with Crippen LogP contribution in [0, 0.1) is 0 Å². The van der Waals surface area contributed by atoms with Crippen molar-refractivity contribution >= 4 is 27.3 Å². The van der Waals surface area contributed by atoms with Crippen molar-refractivity contribution < 1.29 is 22.7 Å². The Hall–Kier alpha value is -3.52. The summed E-state index contributed by atoms with van der Waals surface area (Å²) in [5, 5.41) is 2.60. The second-order valence-corrected chi connectivity index (χ2v) is 7.69. The molecule has 1 heterocycles. The summed E-state index contributed by atoms with van der Waals surface area (Å²) < 4.78 is 39.3. The minimum atomic E-state index is -3.92. The molecule has 0 atom stereocenters. The first kappa shape index (κ1) is 17.9. The van der Waals surface area contributed by atoms with E-state index in [1.807, 2.05) is 18.2 Å². The Labute approximate surface area is 162 Å². The van der Waals surface area contributed by atoms with E-state index in [1.54, 1.807) is 36.4 Å². The summed E-state index contributed by atoms with van der Waals surface area (Å²) in [6.45, 7) is -0.0957. The summed E-state index contributed by atoms with van der Waals surface area (Å²) in [5.74, 6) is 1.04. The number of hydrogen-bond donors (Lipinski definition) is 2. The first-order valence-corrected chi connectivity index (χ1v) is 9.91. The number of amides is 1. The van der Waals surface area contributed by atoms with Crippen LogP contribution in [0.25, 0.3) is 0 Å². The predicted octanol–water partition coefficient (Wildman–Crippen LogP) is 3.61. The predicted molar refractivity (Wildman–Crippen MR) is 104 cm³/mol. The highest BCUT2D eigenvalue weighted by Crippen LogP contribution is 2.33. The maximum Gasteiger partial charge on any atom is 0.262 e. The second kappa shape index (κ2) is 7.24. The van der Waals surface area contributed by atoms with Gasteiger partial charge in [0.2, 0.25) is 0 Å². The zero-order chi connectivity index (χ0) is 19.6. The Morgan fingerprint density at radius 1 is 0.964 bits per heavy atom. The van der Waals surface area contributed by atoms with Gasteiger partial charge in [0.25, 0.3) is 15.9 Å². The number of sulfonamides is 1. The van der Waals surface area contributed by atoms with Crippen molar-refractivity contribution in [1.82, 2.24) is 0 Å². The molecule has 0 aromatic heterocycles. The van der Waals surface area contributed by atoms with Crippen molar-refractivity contribution in [3.63, 3.8) is 0 Å². The summed E-state index contributed by atoms with van der Waals surface area (Å²) in [5.41, 5.74) is 0.609. The number of para-hydroxylation sites is 3. The van der Waals surface area contributed by atoms with E-state index in [4.69, 9.17) is 9.47 Å². The lowest BCUT2D eigenvalue weighted by molar-refractivity contribution is -0.118. The molecule has 8 heteroatoms. The van der Waals surface area contributed by atoms with Crippen LogP contribution in [0.4, 0.5) is 11.4 Å². The molecule has 0 unspecified atom stereocenters. The van der Waals surface area contributed by atoms with Crippen LogP contribution in [0.15, 0.2) is 77.7 Å². The Morgan fingerprint density at radius 2 is 1.71 bits per heavy atom. The van der Waals surface area contributed by atoms with Crippen molar-refractivity contribution in [3.8, 4) is 17.2 Å². The molecule has 0 aliphatic carbocycles. The molecule has 142 valence electrons. The third-order valence-electron chi connectivity index (χ3n) is 4.00. The molecular formula is C20H16N2O5S. The van der Waals surface area contributed by atoms with Gasteiger partial charge in [-0.15, -0.1) is 0 Å². The van der Waals surface area contributed by atoms with Gasteiger partial charge in [0.1, 0.15) is 11.5 Å². The van der Waals surface area contributed by atoms with Crippen LogP contribution in [-0.2, 0) is 14.8 Å². The van der Waals surface area contributed by atoms with E-state index in [9.17, 15) is 13.2 Å². The van der Waals surface area contributed by atoms with Crippen LogP contribution in [0.3, 0.4) is 0 Å². The van der Waals surface area contributed by atoms with Crippen LogP contribution in [-0.4, -0.2) is 20.9 Å². The Bertz CT molecular complexity index is 1130. The van der Waals surface area contributed by atoms with Gasteiger partial charge < -0.3 is 14.8 Å². The normalized spacial score (nSPS) is 13.1. The average molecular weight is 396 g/mol. The third-order valence-corrected chi connectivity index (χ3v) is 5.36. The van der Waals surface area contributed by atoms with Crippen LogP contribution < -0.4 is 19.5 Å². The first-order valence-electron chi connectivity index (χ1n) is 8.43. The number of rotatable bonds is 5. The molecule has 2 N–H and O–H groups in total. The van der Waals surface area contributed by atoms with Crippen LogP contribution in [0.5, 0.6) is 17.2 Å². The van der Waals surface area contributed by atoms with E-state index in [0.717, 1.165) is 0 Å². The largest absolute Gasteiger partial charge is 0.482 e. The molecule has 4 rings (SSSR count). The number of ether oxygens (including phenoxy) is 2. The van der Waals surface area contributed by atoms with E-state index in [0.29, 0.717) is 28.6 Å². The summed E-state index contributed by atoms with van der Waals surface area (Å²) >= 11 is 0. The molecule has 1 aliphatic heterocycles. The number of carbonyl (C=O) groups excluding carboxylic acids is 1. The van der Waals surface area contributed by atoms with Crippen molar-refractivity contribution in [2.45, 2.75) is 4.90 Å². The number of anilines is 2. The number of benzene rings is 3. The first-order chi connectivity index (χ1) is 13.5. The molecule has 0 spiro atoms. The fourth-order valence-corrected chi connectivity index (χ4v) is 3.78. The lowest BCUT2D eigenvalue weighted by atomic mass is 10.2. The molecule has 0 saturated carbocycles. The van der Waals surface area contributed by atoms with Gasteiger partial charge in [-0.3, -0.25) is 9.52 Å². The average Bonchev–Trinajstić information content (AvgIpc) is 2.69. The number of hydrogen-bond acceptors (Lipinski definition) is 5.